The predicted octanol–water partition coefficient (Wildman–Crippen LogP) is 1.99. The lowest BCUT2D eigenvalue weighted by Gasteiger charge is -2.55. The van der Waals surface area contributed by atoms with Crippen LogP contribution >= 0.6 is 0 Å². The third-order valence-electron chi connectivity index (χ3n) is 4.63. The van der Waals surface area contributed by atoms with Gasteiger partial charge in [-0.15, -0.1) is 0 Å². The second kappa shape index (κ2) is 4.76. The van der Waals surface area contributed by atoms with Crippen molar-refractivity contribution >= 4 is 0 Å². The van der Waals surface area contributed by atoms with Gasteiger partial charge in [-0.1, -0.05) is 19.9 Å². The summed E-state index contributed by atoms with van der Waals surface area (Å²) in [5.41, 5.74) is 1.43. The zero-order valence-electron chi connectivity index (χ0n) is 11.8. The molecule has 1 aliphatic carbocycles. The smallest absolute Gasteiger partial charge is 0.212 e. The van der Waals surface area contributed by atoms with E-state index in [0.717, 1.165) is 13.2 Å². The van der Waals surface area contributed by atoms with Crippen molar-refractivity contribution in [3.63, 3.8) is 0 Å². The van der Waals surface area contributed by atoms with Crippen LogP contribution in [0.1, 0.15) is 25.8 Å². The van der Waals surface area contributed by atoms with Gasteiger partial charge in [0, 0.05) is 42.8 Å². The van der Waals surface area contributed by atoms with Gasteiger partial charge < -0.3 is 14.8 Å². The van der Waals surface area contributed by atoms with Gasteiger partial charge in [0.15, 0.2) is 0 Å². The SMILES string of the molecule is COc1ccc(CNC2C3CCOC3C2(C)C)cn1. The molecular weight excluding hydrogens is 240 g/mol. The standard InChI is InChI=1S/C15H22N2O2/c1-15(2)13(11-6-7-19-14(11)15)17-9-10-4-5-12(18-3)16-8-10/h4-5,8,11,13-14,17H,6-7,9H2,1-3H3. The average molecular weight is 262 g/mol. The summed E-state index contributed by atoms with van der Waals surface area (Å²) in [7, 11) is 1.64. The van der Waals surface area contributed by atoms with Crippen LogP contribution in [0.25, 0.3) is 0 Å². The van der Waals surface area contributed by atoms with Gasteiger partial charge in [0.05, 0.1) is 13.2 Å². The minimum absolute atomic E-state index is 0.237. The minimum atomic E-state index is 0.237. The topological polar surface area (TPSA) is 43.4 Å². The number of fused-ring (bicyclic) bond motifs is 1. The lowest BCUT2D eigenvalue weighted by Crippen LogP contribution is -2.65. The van der Waals surface area contributed by atoms with Crippen molar-refractivity contribution in [3.05, 3.63) is 23.9 Å². The maximum Gasteiger partial charge on any atom is 0.212 e. The van der Waals surface area contributed by atoms with Crippen LogP contribution in [-0.4, -0.2) is 30.8 Å². The molecule has 0 aromatic carbocycles. The van der Waals surface area contributed by atoms with Crippen LogP contribution in [0.3, 0.4) is 0 Å². The molecule has 104 valence electrons. The van der Waals surface area contributed by atoms with Crippen LogP contribution in [0.4, 0.5) is 0 Å². The van der Waals surface area contributed by atoms with E-state index in [0.29, 0.717) is 23.9 Å². The van der Waals surface area contributed by atoms with Crippen molar-refractivity contribution < 1.29 is 9.47 Å². The van der Waals surface area contributed by atoms with Crippen LogP contribution in [0, 0.1) is 11.3 Å². The first-order valence-corrected chi connectivity index (χ1v) is 6.97. The Morgan fingerprint density at radius 3 is 3.00 bits per heavy atom. The fourth-order valence-corrected chi connectivity index (χ4v) is 3.60. The van der Waals surface area contributed by atoms with Crippen molar-refractivity contribution in [2.45, 2.75) is 39.0 Å². The molecule has 1 aromatic heterocycles. The molecule has 0 spiro atoms. The van der Waals surface area contributed by atoms with Gasteiger partial charge in [-0.05, 0) is 12.0 Å². The quantitative estimate of drug-likeness (QED) is 0.901. The Morgan fingerprint density at radius 2 is 2.32 bits per heavy atom. The fraction of sp³-hybridized carbons (Fsp3) is 0.667. The van der Waals surface area contributed by atoms with Crippen molar-refractivity contribution in [2.24, 2.45) is 11.3 Å². The van der Waals surface area contributed by atoms with Crippen LogP contribution in [0.2, 0.25) is 0 Å². The number of hydrogen-bond acceptors (Lipinski definition) is 4. The Labute approximate surface area is 114 Å². The average Bonchev–Trinajstić information content (AvgIpc) is 2.86. The Morgan fingerprint density at radius 1 is 1.47 bits per heavy atom. The zero-order valence-corrected chi connectivity index (χ0v) is 11.8. The predicted molar refractivity (Wildman–Crippen MR) is 73.0 cm³/mol. The fourth-order valence-electron chi connectivity index (χ4n) is 3.60. The molecule has 2 aliphatic rings. The van der Waals surface area contributed by atoms with E-state index in [9.17, 15) is 0 Å². The van der Waals surface area contributed by atoms with Crippen LogP contribution in [0.5, 0.6) is 5.88 Å². The second-order valence-corrected chi connectivity index (χ2v) is 6.13. The molecule has 19 heavy (non-hydrogen) atoms. The Bertz CT molecular complexity index is 444. The molecule has 1 aromatic rings. The lowest BCUT2D eigenvalue weighted by atomic mass is 9.57. The monoisotopic (exact) mass is 262 g/mol. The number of pyridine rings is 1. The zero-order chi connectivity index (χ0) is 13.5. The summed E-state index contributed by atoms with van der Waals surface area (Å²) >= 11 is 0. The van der Waals surface area contributed by atoms with Gasteiger partial charge in [-0.2, -0.15) is 0 Å². The van der Waals surface area contributed by atoms with Crippen molar-refractivity contribution in [1.82, 2.24) is 10.3 Å². The van der Waals surface area contributed by atoms with E-state index in [2.05, 4.69) is 30.2 Å². The van der Waals surface area contributed by atoms with Gasteiger partial charge in [0.1, 0.15) is 0 Å². The van der Waals surface area contributed by atoms with Gasteiger partial charge >= 0.3 is 0 Å². The van der Waals surface area contributed by atoms with Gasteiger partial charge in [0.25, 0.3) is 0 Å². The number of nitrogens with zero attached hydrogens (tertiary/aromatic N) is 1. The Hall–Kier alpha value is -1.13. The molecule has 3 rings (SSSR count). The highest BCUT2D eigenvalue weighted by atomic mass is 16.5. The summed E-state index contributed by atoms with van der Waals surface area (Å²) in [6, 6.07) is 4.51. The van der Waals surface area contributed by atoms with E-state index >= 15 is 0 Å². The first-order valence-electron chi connectivity index (χ1n) is 6.97. The third kappa shape index (κ3) is 2.13. The molecule has 0 amide bonds. The van der Waals surface area contributed by atoms with Gasteiger partial charge in [0.2, 0.25) is 5.88 Å². The number of methoxy groups -OCH3 is 1. The number of ether oxygens (including phenoxy) is 2. The summed E-state index contributed by atoms with van der Waals surface area (Å²) < 4.78 is 10.9. The van der Waals surface area contributed by atoms with Crippen molar-refractivity contribution in [2.75, 3.05) is 13.7 Å². The molecule has 1 aliphatic heterocycles. The van der Waals surface area contributed by atoms with E-state index in [1.54, 1.807) is 7.11 Å². The number of aromatic nitrogens is 1. The van der Waals surface area contributed by atoms with Crippen LogP contribution in [-0.2, 0) is 11.3 Å². The Kier molecular flexibility index (Phi) is 3.23. The molecule has 4 nitrogen and oxygen atoms in total. The van der Waals surface area contributed by atoms with Gasteiger partial charge in [-0.25, -0.2) is 4.98 Å². The van der Waals surface area contributed by atoms with Gasteiger partial charge in [-0.3, -0.25) is 0 Å². The van der Waals surface area contributed by atoms with Crippen LogP contribution < -0.4 is 10.1 Å². The largest absolute Gasteiger partial charge is 0.481 e. The van der Waals surface area contributed by atoms with E-state index in [4.69, 9.17) is 9.47 Å². The number of nitrogens with one attached hydrogen (secondary N) is 1. The lowest BCUT2D eigenvalue weighted by molar-refractivity contribution is -0.113. The Balaban J connectivity index is 1.60. The molecule has 1 saturated carbocycles. The molecule has 3 unspecified atom stereocenters. The molecular formula is C15H22N2O2. The normalized spacial score (nSPS) is 31.6. The van der Waals surface area contributed by atoms with E-state index < -0.39 is 0 Å². The summed E-state index contributed by atoms with van der Waals surface area (Å²) in [4.78, 5) is 4.23. The third-order valence-corrected chi connectivity index (χ3v) is 4.63. The maximum absolute atomic E-state index is 5.81. The minimum Gasteiger partial charge on any atom is -0.481 e. The molecule has 2 heterocycles. The summed E-state index contributed by atoms with van der Waals surface area (Å²) in [6.07, 6.45) is 3.51. The van der Waals surface area contributed by atoms with Crippen molar-refractivity contribution in [1.29, 1.82) is 0 Å². The summed E-state index contributed by atoms with van der Waals surface area (Å²) in [6.45, 7) is 6.36. The maximum atomic E-state index is 5.81. The first-order chi connectivity index (χ1) is 9.13. The highest BCUT2D eigenvalue weighted by Gasteiger charge is 2.58. The number of hydrogen-bond donors (Lipinski definition) is 1. The first kappa shape index (κ1) is 12.9. The van der Waals surface area contributed by atoms with E-state index in [1.165, 1.54) is 12.0 Å². The molecule has 1 saturated heterocycles. The van der Waals surface area contributed by atoms with Crippen molar-refractivity contribution in [3.8, 4) is 5.88 Å². The molecule has 1 N–H and O–H groups in total. The highest BCUT2D eigenvalue weighted by molar-refractivity contribution is 5.18. The van der Waals surface area contributed by atoms with E-state index in [1.807, 2.05) is 12.3 Å². The number of rotatable bonds is 4. The molecule has 0 bridgehead atoms. The van der Waals surface area contributed by atoms with E-state index in [-0.39, 0.29) is 5.41 Å². The summed E-state index contributed by atoms with van der Waals surface area (Å²) in [5, 5.41) is 3.67. The molecule has 4 heteroatoms. The highest BCUT2D eigenvalue weighted by Crippen LogP contribution is 2.52. The molecule has 0 radical (unpaired) electrons. The summed E-state index contributed by atoms with van der Waals surface area (Å²) in [5.74, 6) is 1.35. The molecule has 3 atom stereocenters. The second-order valence-electron chi connectivity index (χ2n) is 6.13. The molecule has 2 fully saturated rings. The van der Waals surface area contributed by atoms with Crippen LogP contribution in [0.15, 0.2) is 18.3 Å².